The molecule has 0 unspecified atom stereocenters. The maximum absolute atomic E-state index is 11.5. The van der Waals surface area contributed by atoms with Crippen molar-refractivity contribution >= 4 is 33.2 Å². The van der Waals surface area contributed by atoms with Gasteiger partial charge < -0.3 is 10.5 Å². The first-order valence-corrected chi connectivity index (χ1v) is 5.23. The molecule has 0 spiro atoms. The van der Waals surface area contributed by atoms with Gasteiger partial charge in [0, 0.05) is 11.6 Å². The number of pyridine rings is 1. The van der Waals surface area contributed by atoms with Gasteiger partial charge in [0.15, 0.2) is 0 Å². The molecule has 0 radical (unpaired) electrons. The van der Waals surface area contributed by atoms with Gasteiger partial charge in [-0.05, 0) is 17.9 Å². The first-order valence-electron chi connectivity index (χ1n) is 4.35. The highest BCUT2D eigenvalue weighted by molar-refractivity contribution is 7.17. The lowest BCUT2D eigenvalue weighted by atomic mass is 10.1. The Balaban J connectivity index is 2.78. The van der Waals surface area contributed by atoms with Crippen molar-refractivity contribution in [2.75, 3.05) is 12.8 Å². The number of hydrogen-bond donors (Lipinski definition) is 1. The number of fused-ring (bicyclic) bond motifs is 1. The van der Waals surface area contributed by atoms with Crippen molar-refractivity contribution in [1.29, 1.82) is 0 Å². The van der Waals surface area contributed by atoms with Gasteiger partial charge >= 0.3 is 5.97 Å². The molecule has 0 saturated carbocycles. The summed E-state index contributed by atoms with van der Waals surface area (Å²) in [6.07, 6.45) is 1.46. The molecule has 0 aliphatic heterocycles. The maximum Gasteiger partial charge on any atom is 0.340 e. The molecule has 2 heterocycles. The number of hydrogen-bond acceptors (Lipinski definition) is 5. The molecule has 2 N–H and O–H groups in total. The minimum Gasteiger partial charge on any atom is -0.465 e. The zero-order chi connectivity index (χ0) is 11.0. The number of esters is 1. The molecule has 0 aliphatic rings. The minimum atomic E-state index is -0.380. The number of thiophene rings is 1. The SMILES string of the molecule is COC(=O)c1cnc(N)c2c(C)csc12. The number of carbonyl (C=O) groups excluding carboxylic acids is 1. The van der Waals surface area contributed by atoms with Crippen LogP contribution in [0.15, 0.2) is 11.6 Å². The third-order valence-electron chi connectivity index (χ3n) is 2.21. The number of methoxy groups -OCH3 is 1. The predicted octanol–water partition coefficient (Wildman–Crippen LogP) is 1.97. The van der Waals surface area contributed by atoms with Crippen LogP contribution in [0, 0.1) is 6.92 Å². The molecule has 0 aliphatic carbocycles. The molecule has 5 heteroatoms. The lowest BCUT2D eigenvalue weighted by Crippen LogP contribution is -2.03. The van der Waals surface area contributed by atoms with Crippen LogP contribution in [0.2, 0.25) is 0 Å². The van der Waals surface area contributed by atoms with E-state index in [-0.39, 0.29) is 5.97 Å². The Morgan fingerprint density at radius 3 is 3.00 bits per heavy atom. The second-order valence-corrected chi connectivity index (χ2v) is 4.05. The van der Waals surface area contributed by atoms with Gasteiger partial charge in [0.25, 0.3) is 0 Å². The summed E-state index contributed by atoms with van der Waals surface area (Å²) in [5, 5.41) is 2.80. The van der Waals surface area contributed by atoms with E-state index in [2.05, 4.69) is 9.72 Å². The van der Waals surface area contributed by atoms with Crippen LogP contribution in [0.3, 0.4) is 0 Å². The zero-order valence-electron chi connectivity index (χ0n) is 8.40. The highest BCUT2D eigenvalue weighted by Gasteiger charge is 2.15. The van der Waals surface area contributed by atoms with Crippen molar-refractivity contribution in [3.05, 3.63) is 22.7 Å². The van der Waals surface area contributed by atoms with Gasteiger partial charge in [-0.3, -0.25) is 0 Å². The predicted molar refractivity (Wildman–Crippen MR) is 60.1 cm³/mol. The van der Waals surface area contributed by atoms with Crippen LogP contribution in [-0.4, -0.2) is 18.1 Å². The smallest absolute Gasteiger partial charge is 0.340 e. The van der Waals surface area contributed by atoms with Crippen molar-refractivity contribution in [3.63, 3.8) is 0 Å². The molecule has 78 valence electrons. The summed E-state index contributed by atoms with van der Waals surface area (Å²) in [5.74, 6) is 0.0748. The fraction of sp³-hybridized carbons (Fsp3) is 0.200. The van der Waals surface area contributed by atoms with Crippen molar-refractivity contribution in [2.45, 2.75) is 6.92 Å². The van der Waals surface area contributed by atoms with Gasteiger partial charge in [-0.15, -0.1) is 11.3 Å². The van der Waals surface area contributed by atoms with Crippen LogP contribution in [0.25, 0.3) is 10.1 Å². The van der Waals surface area contributed by atoms with Crippen LogP contribution >= 0.6 is 11.3 Å². The van der Waals surface area contributed by atoms with E-state index in [0.29, 0.717) is 11.4 Å². The molecular weight excluding hydrogens is 212 g/mol. The second-order valence-electron chi connectivity index (χ2n) is 3.17. The summed E-state index contributed by atoms with van der Waals surface area (Å²) in [4.78, 5) is 15.4. The van der Waals surface area contributed by atoms with Crippen LogP contribution < -0.4 is 5.73 Å². The number of rotatable bonds is 1. The van der Waals surface area contributed by atoms with E-state index in [1.807, 2.05) is 12.3 Å². The highest BCUT2D eigenvalue weighted by atomic mass is 32.1. The number of nitrogens with two attached hydrogens (primary N) is 1. The lowest BCUT2D eigenvalue weighted by molar-refractivity contribution is 0.0603. The van der Waals surface area contributed by atoms with E-state index in [0.717, 1.165) is 15.6 Å². The topological polar surface area (TPSA) is 65.2 Å². The lowest BCUT2D eigenvalue weighted by Gasteiger charge is -2.02. The van der Waals surface area contributed by atoms with Crippen LogP contribution in [-0.2, 0) is 4.74 Å². The highest BCUT2D eigenvalue weighted by Crippen LogP contribution is 2.31. The summed E-state index contributed by atoms with van der Waals surface area (Å²) < 4.78 is 5.52. The van der Waals surface area contributed by atoms with E-state index < -0.39 is 0 Å². The minimum absolute atomic E-state index is 0.380. The molecule has 15 heavy (non-hydrogen) atoms. The first kappa shape index (κ1) is 9.92. The van der Waals surface area contributed by atoms with Crippen molar-refractivity contribution in [3.8, 4) is 0 Å². The summed E-state index contributed by atoms with van der Waals surface area (Å²) in [7, 11) is 1.35. The number of aromatic nitrogens is 1. The van der Waals surface area contributed by atoms with Gasteiger partial charge in [0.2, 0.25) is 0 Å². The summed E-state index contributed by atoms with van der Waals surface area (Å²) in [6, 6.07) is 0. The Hall–Kier alpha value is -1.62. The number of nitrogens with zero attached hydrogens (tertiary/aromatic N) is 1. The fourth-order valence-electron chi connectivity index (χ4n) is 1.47. The molecule has 0 atom stereocenters. The van der Waals surface area contributed by atoms with Crippen molar-refractivity contribution in [2.24, 2.45) is 0 Å². The first-order chi connectivity index (χ1) is 7.15. The molecule has 0 bridgehead atoms. The number of ether oxygens (including phenoxy) is 1. The van der Waals surface area contributed by atoms with Gasteiger partial charge in [-0.2, -0.15) is 0 Å². The third-order valence-corrected chi connectivity index (χ3v) is 3.34. The Morgan fingerprint density at radius 2 is 2.33 bits per heavy atom. The molecule has 0 amide bonds. The number of aryl methyl sites for hydroxylation is 1. The quantitative estimate of drug-likeness (QED) is 0.749. The average Bonchev–Trinajstić information content (AvgIpc) is 2.61. The van der Waals surface area contributed by atoms with E-state index >= 15 is 0 Å². The monoisotopic (exact) mass is 222 g/mol. The van der Waals surface area contributed by atoms with E-state index in [4.69, 9.17) is 5.73 Å². The van der Waals surface area contributed by atoms with Gasteiger partial charge in [0.05, 0.1) is 17.4 Å². The van der Waals surface area contributed by atoms with E-state index in [9.17, 15) is 4.79 Å². The molecule has 2 rings (SSSR count). The largest absolute Gasteiger partial charge is 0.465 e. The molecule has 0 aromatic carbocycles. The Bertz CT molecular complexity index is 533. The van der Waals surface area contributed by atoms with Gasteiger partial charge in [-0.25, -0.2) is 9.78 Å². The molecule has 2 aromatic heterocycles. The zero-order valence-corrected chi connectivity index (χ0v) is 9.22. The number of anilines is 1. The number of carbonyl (C=O) groups is 1. The summed E-state index contributed by atoms with van der Waals surface area (Å²) in [5.41, 5.74) is 7.26. The van der Waals surface area contributed by atoms with Crippen LogP contribution in [0.1, 0.15) is 15.9 Å². The maximum atomic E-state index is 11.5. The summed E-state index contributed by atoms with van der Waals surface area (Å²) >= 11 is 1.48. The van der Waals surface area contributed by atoms with E-state index in [1.54, 1.807) is 0 Å². The van der Waals surface area contributed by atoms with Gasteiger partial charge in [-0.1, -0.05) is 0 Å². The average molecular weight is 222 g/mol. The van der Waals surface area contributed by atoms with Crippen LogP contribution in [0.4, 0.5) is 5.82 Å². The van der Waals surface area contributed by atoms with Crippen LogP contribution in [0.5, 0.6) is 0 Å². The fourth-order valence-corrected chi connectivity index (χ4v) is 2.53. The van der Waals surface area contributed by atoms with Crippen molar-refractivity contribution in [1.82, 2.24) is 4.98 Å². The number of nitrogen functional groups attached to an aromatic ring is 1. The normalized spacial score (nSPS) is 10.5. The van der Waals surface area contributed by atoms with E-state index in [1.165, 1.54) is 24.6 Å². The van der Waals surface area contributed by atoms with Crippen molar-refractivity contribution < 1.29 is 9.53 Å². The Morgan fingerprint density at radius 1 is 1.60 bits per heavy atom. The second kappa shape index (κ2) is 3.51. The standard InChI is InChI=1S/C10H10N2O2S/c1-5-4-15-8-6(10(13)14-2)3-12-9(11)7(5)8/h3-4H,1-2H3,(H2,11,12). The molecule has 0 fully saturated rings. The Kier molecular flexibility index (Phi) is 2.32. The Labute approximate surface area is 90.7 Å². The summed E-state index contributed by atoms with van der Waals surface area (Å²) in [6.45, 7) is 1.94. The molecule has 4 nitrogen and oxygen atoms in total. The molecular formula is C10H10N2O2S. The third kappa shape index (κ3) is 1.45. The molecule has 0 saturated heterocycles. The molecule has 2 aromatic rings. The van der Waals surface area contributed by atoms with Gasteiger partial charge in [0.1, 0.15) is 5.82 Å².